The number of hydrogen-bond acceptors (Lipinski definition) is 3. The summed E-state index contributed by atoms with van der Waals surface area (Å²) in [5.41, 5.74) is 3.84. The Labute approximate surface area is 179 Å². The fourth-order valence-corrected chi connectivity index (χ4v) is 4.61. The Morgan fingerprint density at radius 2 is 1.47 bits per heavy atom. The van der Waals surface area contributed by atoms with Gasteiger partial charge in [-0.2, -0.15) is 0 Å². The van der Waals surface area contributed by atoms with Gasteiger partial charge in [-0.05, 0) is 81.6 Å². The molecule has 2 heterocycles. The number of rotatable bonds is 4. The van der Waals surface area contributed by atoms with Crippen LogP contribution in [-0.2, 0) is 14.1 Å². The Kier molecular flexibility index (Phi) is 4.60. The highest BCUT2D eigenvalue weighted by molar-refractivity contribution is 6.62. The minimum Gasteiger partial charge on any atom is -0.399 e. The van der Waals surface area contributed by atoms with Crippen molar-refractivity contribution in [1.82, 2.24) is 0 Å². The van der Waals surface area contributed by atoms with Crippen molar-refractivity contribution >= 4 is 24.2 Å². The quantitative estimate of drug-likeness (QED) is 0.711. The Hall–Kier alpha value is -2.11. The second kappa shape index (κ2) is 6.96. The zero-order chi connectivity index (χ0) is 21.1. The highest BCUT2D eigenvalue weighted by atomic mass is 16.7. The molecule has 3 aliphatic rings. The van der Waals surface area contributed by atoms with Crippen LogP contribution in [0.2, 0.25) is 0 Å². The van der Waals surface area contributed by atoms with E-state index >= 15 is 0 Å². The largest absolute Gasteiger partial charge is 0.494 e. The average molecular weight is 403 g/mol. The van der Waals surface area contributed by atoms with Crippen LogP contribution in [0.3, 0.4) is 0 Å². The molecule has 1 amide bonds. The molecule has 2 aromatic rings. The van der Waals surface area contributed by atoms with E-state index in [4.69, 9.17) is 9.31 Å². The van der Waals surface area contributed by atoms with Crippen LogP contribution in [0.25, 0.3) is 0 Å². The number of nitrogens with zero attached hydrogens (tertiary/aromatic N) is 1. The summed E-state index contributed by atoms with van der Waals surface area (Å²) in [6.45, 7) is 9.00. The van der Waals surface area contributed by atoms with E-state index in [1.807, 2.05) is 29.2 Å². The molecule has 0 radical (unpaired) electrons. The summed E-state index contributed by atoms with van der Waals surface area (Å²) in [4.78, 5) is 15.2. The zero-order valence-corrected chi connectivity index (χ0v) is 18.4. The number of amides is 1. The van der Waals surface area contributed by atoms with Crippen LogP contribution in [0.5, 0.6) is 0 Å². The standard InChI is InChI=1S/C25H30BNO3/c1-24(2)25(3,4)30-26(29-24)18-11-13-19(14-12-18)27-16-15-22(23(27)28)21-8-6-5-7-20(21)17-9-10-17/h5-8,11-14,17,22H,9-10,15-16H2,1-4H3. The fraction of sp³-hybridized carbons (Fsp3) is 0.480. The van der Waals surface area contributed by atoms with Crippen LogP contribution in [0, 0.1) is 0 Å². The Balaban J connectivity index is 1.33. The van der Waals surface area contributed by atoms with Gasteiger partial charge in [-0.15, -0.1) is 0 Å². The van der Waals surface area contributed by atoms with Gasteiger partial charge in [0.05, 0.1) is 17.1 Å². The van der Waals surface area contributed by atoms with Gasteiger partial charge < -0.3 is 14.2 Å². The van der Waals surface area contributed by atoms with E-state index in [2.05, 4.69) is 52.0 Å². The lowest BCUT2D eigenvalue weighted by molar-refractivity contribution is -0.118. The van der Waals surface area contributed by atoms with Crippen molar-refractivity contribution in [2.24, 2.45) is 0 Å². The summed E-state index contributed by atoms with van der Waals surface area (Å²) in [5.74, 6) is 0.846. The van der Waals surface area contributed by atoms with Crippen LogP contribution in [-0.4, -0.2) is 30.8 Å². The molecule has 5 heteroatoms. The molecule has 1 saturated carbocycles. The fourth-order valence-electron chi connectivity index (χ4n) is 4.61. The molecule has 0 aromatic heterocycles. The Bertz CT molecular complexity index is 949. The highest BCUT2D eigenvalue weighted by Crippen LogP contribution is 2.45. The predicted molar refractivity (Wildman–Crippen MR) is 120 cm³/mol. The molecule has 2 aliphatic heterocycles. The summed E-state index contributed by atoms with van der Waals surface area (Å²) in [6.07, 6.45) is 3.38. The summed E-state index contributed by atoms with van der Waals surface area (Å²) in [6, 6.07) is 16.6. The van der Waals surface area contributed by atoms with Gasteiger partial charge >= 0.3 is 7.12 Å². The smallest absolute Gasteiger partial charge is 0.399 e. The van der Waals surface area contributed by atoms with Gasteiger partial charge in [0.2, 0.25) is 5.91 Å². The predicted octanol–water partition coefficient (Wildman–Crippen LogP) is 4.38. The van der Waals surface area contributed by atoms with E-state index in [0.29, 0.717) is 5.92 Å². The topological polar surface area (TPSA) is 38.8 Å². The van der Waals surface area contributed by atoms with Crippen LogP contribution in [0.1, 0.15) is 69.9 Å². The van der Waals surface area contributed by atoms with Crippen molar-refractivity contribution in [2.45, 2.75) is 70.0 Å². The highest BCUT2D eigenvalue weighted by Gasteiger charge is 2.51. The van der Waals surface area contributed by atoms with E-state index < -0.39 is 0 Å². The van der Waals surface area contributed by atoms with Gasteiger partial charge in [0.1, 0.15) is 0 Å². The molecule has 2 aromatic carbocycles. The van der Waals surface area contributed by atoms with Crippen molar-refractivity contribution in [2.75, 3.05) is 11.4 Å². The lowest BCUT2D eigenvalue weighted by atomic mass is 9.79. The normalized spacial score (nSPS) is 25.2. The summed E-state index contributed by atoms with van der Waals surface area (Å²) in [5, 5.41) is 0. The number of benzene rings is 2. The maximum atomic E-state index is 13.3. The molecule has 0 spiro atoms. The molecule has 1 aliphatic carbocycles. The monoisotopic (exact) mass is 403 g/mol. The molecule has 3 fully saturated rings. The molecule has 30 heavy (non-hydrogen) atoms. The van der Waals surface area contributed by atoms with Crippen LogP contribution in [0.4, 0.5) is 5.69 Å². The zero-order valence-electron chi connectivity index (χ0n) is 18.4. The van der Waals surface area contributed by atoms with Gasteiger partial charge in [0, 0.05) is 12.2 Å². The van der Waals surface area contributed by atoms with E-state index in [0.717, 1.165) is 24.1 Å². The second-order valence-electron chi connectivity index (χ2n) is 9.91. The van der Waals surface area contributed by atoms with Crippen LogP contribution in [0.15, 0.2) is 48.5 Å². The van der Waals surface area contributed by atoms with Crippen molar-refractivity contribution in [3.05, 3.63) is 59.7 Å². The van der Waals surface area contributed by atoms with Gasteiger partial charge in [-0.25, -0.2) is 0 Å². The second-order valence-corrected chi connectivity index (χ2v) is 9.91. The van der Waals surface area contributed by atoms with Gasteiger partial charge in [-0.1, -0.05) is 36.4 Å². The molecule has 4 nitrogen and oxygen atoms in total. The molecule has 1 atom stereocenters. The van der Waals surface area contributed by atoms with Gasteiger partial charge in [-0.3, -0.25) is 4.79 Å². The van der Waals surface area contributed by atoms with Crippen molar-refractivity contribution in [1.29, 1.82) is 0 Å². The Morgan fingerprint density at radius 1 is 0.867 bits per heavy atom. The van der Waals surface area contributed by atoms with Gasteiger partial charge in [0.15, 0.2) is 0 Å². The molecule has 0 bridgehead atoms. The molecular formula is C25H30BNO3. The third-order valence-corrected chi connectivity index (χ3v) is 7.32. The minimum atomic E-state index is -0.378. The first-order valence-corrected chi connectivity index (χ1v) is 11.1. The lowest BCUT2D eigenvalue weighted by Crippen LogP contribution is -2.41. The number of anilines is 1. The van der Waals surface area contributed by atoms with Crippen molar-refractivity contribution in [3.8, 4) is 0 Å². The Morgan fingerprint density at radius 3 is 2.07 bits per heavy atom. The first-order chi connectivity index (χ1) is 14.3. The average Bonchev–Trinajstić information content (AvgIpc) is 3.45. The SMILES string of the molecule is CC1(C)OB(c2ccc(N3CCC(c4ccccc4C4CC4)C3=O)cc2)OC1(C)C. The molecule has 2 saturated heterocycles. The lowest BCUT2D eigenvalue weighted by Gasteiger charge is -2.32. The number of hydrogen-bond donors (Lipinski definition) is 0. The maximum Gasteiger partial charge on any atom is 0.494 e. The summed E-state index contributed by atoms with van der Waals surface area (Å²) < 4.78 is 12.3. The third-order valence-electron chi connectivity index (χ3n) is 7.32. The van der Waals surface area contributed by atoms with E-state index in [-0.39, 0.29) is 30.1 Å². The molecule has 156 valence electrons. The molecular weight excluding hydrogens is 373 g/mol. The van der Waals surface area contributed by atoms with E-state index in [1.165, 1.54) is 24.0 Å². The molecule has 1 unspecified atom stereocenters. The van der Waals surface area contributed by atoms with E-state index in [9.17, 15) is 4.79 Å². The first kappa shape index (κ1) is 19.8. The number of carbonyl (C=O) groups is 1. The van der Waals surface area contributed by atoms with Crippen molar-refractivity contribution in [3.63, 3.8) is 0 Å². The minimum absolute atomic E-state index is 0.0235. The summed E-state index contributed by atoms with van der Waals surface area (Å²) >= 11 is 0. The summed E-state index contributed by atoms with van der Waals surface area (Å²) in [7, 11) is -0.378. The van der Waals surface area contributed by atoms with Crippen molar-refractivity contribution < 1.29 is 14.1 Å². The number of carbonyl (C=O) groups excluding carboxylic acids is 1. The third kappa shape index (κ3) is 3.29. The first-order valence-electron chi connectivity index (χ1n) is 11.1. The van der Waals surface area contributed by atoms with Crippen LogP contribution < -0.4 is 10.4 Å². The van der Waals surface area contributed by atoms with Crippen LogP contribution >= 0.6 is 0 Å². The molecule has 5 rings (SSSR count). The van der Waals surface area contributed by atoms with E-state index in [1.54, 1.807) is 0 Å². The molecule has 0 N–H and O–H groups in total. The maximum absolute atomic E-state index is 13.3. The van der Waals surface area contributed by atoms with Gasteiger partial charge in [0.25, 0.3) is 0 Å².